The maximum absolute atomic E-state index is 14.3. The number of rotatable bonds is 13. The molecule has 224 valence electrons. The minimum Gasteiger partial charge on any atom is -0.305 e. The Hall–Kier alpha value is -1.61. The molecule has 0 aliphatic heterocycles. The lowest BCUT2D eigenvalue weighted by Gasteiger charge is -2.29. The second-order valence-electron chi connectivity index (χ2n) is 10.8. The van der Waals surface area contributed by atoms with E-state index in [9.17, 15) is 9.13 Å². The third-order valence-corrected chi connectivity index (χ3v) is 13.7. The van der Waals surface area contributed by atoms with Crippen molar-refractivity contribution in [2.75, 3.05) is 26.4 Å². The zero-order chi connectivity index (χ0) is 30.4. The van der Waals surface area contributed by atoms with Gasteiger partial charge in [0.1, 0.15) is 0 Å². The summed E-state index contributed by atoms with van der Waals surface area (Å²) in [5.74, 6) is 0. The third kappa shape index (κ3) is 7.87. The summed E-state index contributed by atoms with van der Waals surface area (Å²) in [6.07, 6.45) is 0. The molecule has 0 radical (unpaired) electrons. The van der Waals surface area contributed by atoms with Crippen molar-refractivity contribution in [3.05, 3.63) is 77.4 Å². The standard InChI is InChI=1S/C32H45O6P3/c1-10-35-40(33,36-11-2)30-20-14-24(5)22-28(30)39(27-18-16-26(17-19-27)32(7,8)9)29-23-25(6)15-21-31(29)41(34,37-12-3)38-13-4/h14-23H,10-13H2,1-9H3. The van der Waals surface area contributed by atoms with Gasteiger partial charge in [-0.15, -0.1) is 0 Å². The molecule has 0 spiro atoms. The van der Waals surface area contributed by atoms with Gasteiger partial charge in [0.05, 0.1) is 37.0 Å². The monoisotopic (exact) mass is 618 g/mol. The Morgan fingerprint density at radius 1 is 0.610 bits per heavy atom. The molecule has 3 aromatic carbocycles. The maximum atomic E-state index is 14.3. The summed E-state index contributed by atoms with van der Waals surface area (Å²) in [6, 6.07) is 20.2. The van der Waals surface area contributed by atoms with Crippen LogP contribution < -0.4 is 26.5 Å². The minimum atomic E-state index is -3.67. The van der Waals surface area contributed by atoms with Gasteiger partial charge in [0, 0.05) is 10.6 Å². The van der Waals surface area contributed by atoms with Gasteiger partial charge in [0.25, 0.3) is 0 Å². The molecule has 0 saturated heterocycles. The fourth-order valence-electron chi connectivity index (χ4n) is 4.64. The van der Waals surface area contributed by atoms with E-state index in [-0.39, 0.29) is 31.8 Å². The minimum absolute atomic E-state index is 0.0243. The van der Waals surface area contributed by atoms with E-state index in [4.69, 9.17) is 18.1 Å². The second kappa shape index (κ2) is 14.2. The van der Waals surface area contributed by atoms with Gasteiger partial charge in [-0.05, 0) is 77.9 Å². The van der Waals surface area contributed by atoms with Crippen molar-refractivity contribution in [1.82, 2.24) is 0 Å². The Bertz CT molecular complexity index is 1310. The summed E-state index contributed by atoms with van der Waals surface area (Å²) in [5, 5.41) is 3.73. The van der Waals surface area contributed by atoms with Crippen LogP contribution in [-0.4, -0.2) is 26.4 Å². The first-order valence-corrected chi connectivity index (χ1v) is 18.7. The normalized spacial score (nSPS) is 12.7. The van der Waals surface area contributed by atoms with E-state index in [1.165, 1.54) is 5.56 Å². The first-order chi connectivity index (χ1) is 19.3. The lowest BCUT2D eigenvalue weighted by molar-refractivity contribution is 0.229. The molecule has 0 aromatic heterocycles. The Balaban J connectivity index is 2.47. The van der Waals surface area contributed by atoms with Crippen LogP contribution in [0.25, 0.3) is 0 Å². The fraction of sp³-hybridized carbons (Fsp3) is 0.438. The Kier molecular flexibility index (Phi) is 11.8. The quantitative estimate of drug-likeness (QED) is 0.190. The molecule has 0 bridgehead atoms. The molecule has 0 atom stereocenters. The SMILES string of the molecule is CCOP(=O)(OCC)c1ccc(C)cc1P(c1ccc(C(C)(C)C)cc1)c1cc(C)ccc1P(=O)(OCC)OCC. The van der Waals surface area contributed by atoms with Crippen LogP contribution in [0.4, 0.5) is 0 Å². The molecule has 3 aromatic rings. The Morgan fingerprint density at radius 2 is 0.976 bits per heavy atom. The van der Waals surface area contributed by atoms with Crippen molar-refractivity contribution in [2.45, 2.75) is 67.7 Å². The van der Waals surface area contributed by atoms with Crippen molar-refractivity contribution < 1.29 is 27.2 Å². The van der Waals surface area contributed by atoms with Crippen molar-refractivity contribution >= 4 is 49.6 Å². The average molecular weight is 619 g/mol. The summed E-state index contributed by atoms with van der Waals surface area (Å²) < 4.78 is 52.1. The Morgan fingerprint density at radius 3 is 1.29 bits per heavy atom. The zero-order valence-corrected chi connectivity index (χ0v) is 28.6. The summed E-state index contributed by atoms with van der Waals surface area (Å²) in [4.78, 5) is 0. The molecule has 9 heteroatoms. The van der Waals surface area contributed by atoms with Crippen LogP contribution in [0.15, 0.2) is 60.7 Å². The van der Waals surface area contributed by atoms with E-state index in [1.807, 2.05) is 65.8 Å². The van der Waals surface area contributed by atoms with Crippen LogP contribution in [-0.2, 0) is 32.6 Å². The predicted molar refractivity (Wildman–Crippen MR) is 174 cm³/mol. The van der Waals surface area contributed by atoms with E-state index in [2.05, 4.69) is 57.2 Å². The van der Waals surface area contributed by atoms with Gasteiger partial charge in [-0.2, -0.15) is 0 Å². The molecule has 0 saturated carbocycles. The Labute approximate surface area is 248 Å². The zero-order valence-electron chi connectivity index (χ0n) is 25.9. The van der Waals surface area contributed by atoms with Gasteiger partial charge in [-0.1, -0.05) is 80.4 Å². The van der Waals surface area contributed by atoms with Gasteiger partial charge < -0.3 is 18.1 Å². The molecule has 0 heterocycles. The molecule has 0 aliphatic rings. The van der Waals surface area contributed by atoms with Crippen LogP contribution in [0.1, 0.15) is 65.2 Å². The topological polar surface area (TPSA) is 71.1 Å². The van der Waals surface area contributed by atoms with E-state index in [1.54, 1.807) is 0 Å². The van der Waals surface area contributed by atoms with Crippen molar-refractivity contribution in [3.63, 3.8) is 0 Å². The molecule has 41 heavy (non-hydrogen) atoms. The smallest absolute Gasteiger partial charge is 0.305 e. The number of hydrogen-bond acceptors (Lipinski definition) is 6. The number of benzene rings is 3. The molecule has 0 N–H and O–H groups in total. The van der Waals surface area contributed by atoms with Crippen molar-refractivity contribution in [3.8, 4) is 0 Å². The van der Waals surface area contributed by atoms with Crippen molar-refractivity contribution in [1.29, 1.82) is 0 Å². The lowest BCUT2D eigenvalue weighted by Crippen LogP contribution is -2.37. The van der Waals surface area contributed by atoms with Crippen LogP contribution in [0.3, 0.4) is 0 Å². The molecule has 0 unspecified atom stereocenters. The third-order valence-electron chi connectivity index (χ3n) is 6.52. The summed E-state index contributed by atoms with van der Waals surface area (Å²) in [6.45, 7) is 18.8. The highest BCUT2D eigenvalue weighted by Crippen LogP contribution is 2.51. The molecule has 0 aliphatic carbocycles. The van der Waals surface area contributed by atoms with Gasteiger partial charge >= 0.3 is 15.2 Å². The van der Waals surface area contributed by atoms with Gasteiger partial charge in [-0.3, -0.25) is 9.13 Å². The summed E-state index contributed by atoms with van der Waals surface area (Å²) in [7, 11) is -8.74. The van der Waals surface area contributed by atoms with Crippen LogP contribution >= 0.6 is 23.1 Å². The first kappa shape index (κ1) is 33.9. The van der Waals surface area contributed by atoms with Crippen LogP contribution in [0.5, 0.6) is 0 Å². The summed E-state index contributed by atoms with van der Waals surface area (Å²) >= 11 is 0. The van der Waals surface area contributed by atoms with Crippen LogP contribution in [0, 0.1) is 13.8 Å². The highest BCUT2D eigenvalue weighted by atomic mass is 31.2. The van der Waals surface area contributed by atoms with E-state index < -0.39 is 23.1 Å². The fourth-order valence-corrected chi connectivity index (χ4v) is 11.8. The lowest BCUT2D eigenvalue weighted by atomic mass is 9.87. The number of aryl methyl sites for hydroxylation is 2. The van der Waals surface area contributed by atoms with E-state index in [0.717, 1.165) is 27.0 Å². The maximum Gasteiger partial charge on any atom is 0.361 e. The molecular weight excluding hydrogens is 573 g/mol. The molecule has 3 rings (SSSR count). The van der Waals surface area contributed by atoms with Crippen molar-refractivity contribution in [2.24, 2.45) is 0 Å². The molecule has 0 fully saturated rings. The molecule has 6 nitrogen and oxygen atoms in total. The first-order valence-electron chi connectivity index (χ1n) is 14.2. The second-order valence-corrected chi connectivity index (χ2v) is 16.9. The largest absolute Gasteiger partial charge is 0.361 e. The predicted octanol–water partition coefficient (Wildman–Crippen LogP) is 7.14. The van der Waals surface area contributed by atoms with E-state index in [0.29, 0.717) is 10.6 Å². The summed E-state index contributed by atoms with van der Waals surface area (Å²) in [5.41, 5.74) is 3.20. The van der Waals surface area contributed by atoms with Gasteiger partial charge in [-0.25, -0.2) is 0 Å². The number of hydrogen-bond donors (Lipinski definition) is 0. The average Bonchev–Trinajstić information content (AvgIpc) is 2.89. The van der Waals surface area contributed by atoms with E-state index >= 15 is 0 Å². The highest BCUT2D eigenvalue weighted by Gasteiger charge is 2.37. The van der Waals surface area contributed by atoms with Gasteiger partial charge in [0.15, 0.2) is 0 Å². The molecular formula is C32H45O6P3. The molecule has 0 amide bonds. The highest BCUT2D eigenvalue weighted by molar-refractivity contribution is 7.83. The van der Waals surface area contributed by atoms with Crippen LogP contribution in [0.2, 0.25) is 0 Å². The van der Waals surface area contributed by atoms with Gasteiger partial charge in [0.2, 0.25) is 0 Å².